The zero-order chi connectivity index (χ0) is 11.1. The average Bonchev–Trinajstić information content (AvgIpc) is 2.69. The molecule has 1 aliphatic rings. The van der Waals surface area contributed by atoms with Crippen molar-refractivity contribution in [1.29, 1.82) is 0 Å². The quantitative estimate of drug-likeness (QED) is 0.700. The predicted molar refractivity (Wildman–Crippen MR) is 64.0 cm³/mol. The Hall–Kier alpha value is -0.120. The molecule has 1 atom stereocenters. The second-order valence-corrected chi connectivity index (χ2v) is 4.70. The lowest BCUT2D eigenvalue weighted by Gasteiger charge is -2.26. The molecule has 15 heavy (non-hydrogen) atoms. The van der Waals surface area contributed by atoms with E-state index in [2.05, 4.69) is 18.7 Å². The van der Waals surface area contributed by atoms with E-state index in [-0.39, 0.29) is 0 Å². The van der Waals surface area contributed by atoms with Crippen molar-refractivity contribution in [1.82, 2.24) is 4.90 Å². The maximum atomic E-state index is 5.61. The van der Waals surface area contributed by atoms with Crippen LogP contribution in [0, 0.1) is 0 Å². The van der Waals surface area contributed by atoms with Crippen LogP contribution in [0.3, 0.4) is 0 Å². The normalized spacial score (nSPS) is 21.8. The van der Waals surface area contributed by atoms with Crippen LogP contribution in [0.2, 0.25) is 0 Å². The highest BCUT2D eigenvalue weighted by Crippen LogP contribution is 2.17. The molecule has 1 saturated heterocycles. The lowest BCUT2D eigenvalue weighted by atomic mass is 10.1. The molecular formula is C12H26N2O. The topological polar surface area (TPSA) is 38.5 Å². The molecule has 1 rings (SSSR count). The van der Waals surface area contributed by atoms with E-state index in [1.54, 1.807) is 0 Å². The third-order valence-corrected chi connectivity index (χ3v) is 3.14. The number of hydrogen-bond acceptors (Lipinski definition) is 3. The van der Waals surface area contributed by atoms with Gasteiger partial charge in [-0.2, -0.15) is 0 Å². The van der Waals surface area contributed by atoms with Crippen LogP contribution in [-0.4, -0.2) is 43.3 Å². The first-order valence-corrected chi connectivity index (χ1v) is 6.29. The lowest BCUT2D eigenvalue weighted by molar-refractivity contribution is 0.0971. The number of rotatable bonds is 7. The number of hydrogen-bond donors (Lipinski definition) is 1. The minimum Gasteiger partial charge on any atom is -0.378 e. The number of nitrogens with zero attached hydrogens (tertiary/aromatic N) is 1. The molecule has 0 bridgehead atoms. The monoisotopic (exact) mass is 214 g/mol. The van der Waals surface area contributed by atoms with Crippen LogP contribution in [0.15, 0.2) is 0 Å². The zero-order valence-corrected chi connectivity index (χ0v) is 10.2. The molecule has 3 nitrogen and oxygen atoms in total. The third-order valence-electron chi connectivity index (χ3n) is 3.14. The van der Waals surface area contributed by atoms with Gasteiger partial charge in [0, 0.05) is 25.7 Å². The molecule has 0 spiro atoms. The van der Waals surface area contributed by atoms with Crippen molar-refractivity contribution in [2.75, 3.05) is 26.2 Å². The summed E-state index contributed by atoms with van der Waals surface area (Å²) in [5, 5.41) is 0. The molecule has 0 aromatic carbocycles. The second-order valence-electron chi connectivity index (χ2n) is 4.70. The fourth-order valence-electron chi connectivity index (χ4n) is 2.19. The van der Waals surface area contributed by atoms with E-state index in [4.69, 9.17) is 10.5 Å². The van der Waals surface area contributed by atoms with E-state index in [1.165, 1.54) is 25.7 Å². The summed E-state index contributed by atoms with van der Waals surface area (Å²) in [6.07, 6.45) is 5.51. The zero-order valence-electron chi connectivity index (χ0n) is 10.2. The average molecular weight is 214 g/mol. The molecule has 1 fully saturated rings. The Kier molecular flexibility index (Phi) is 6.22. The molecular weight excluding hydrogens is 188 g/mol. The Morgan fingerprint density at radius 1 is 1.40 bits per heavy atom. The summed E-state index contributed by atoms with van der Waals surface area (Å²) in [6.45, 7) is 8.39. The molecule has 0 aromatic heterocycles. The molecule has 0 saturated carbocycles. The van der Waals surface area contributed by atoms with E-state index in [0.29, 0.717) is 12.1 Å². The fraction of sp³-hybridized carbons (Fsp3) is 1.00. The molecule has 0 amide bonds. The van der Waals surface area contributed by atoms with Gasteiger partial charge in [0.25, 0.3) is 0 Å². The summed E-state index contributed by atoms with van der Waals surface area (Å²) in [6, 6.07) is 0.609. The van der Waals surface area contributed by atoms with Gasteiger partial charge in [-0.1, -0.05) is 0 Å². The first kappa shape index (κ1) is 12.9. The molecule has 0 aliphatic carbocycles. The van der Waals surface area contributed by atoms with Gasteiger partial charge in [-0.25, -0.2) is 0 Å². The van der Waals surface area contributed by atoms with Crippen molar-refractivity contribution in [3.05, 3.63) is 0 Å². The maximum absolute atomic E-state index is 5.61. The van der Waals surface area contributed by atoms with Crippen LogP contribution in [0.5, 0.6) is 0 Å². The smallest absolute Gasteiger partial charge is 0.0576 e. The van der Waals surface area contributed by atoms with E-state index in [1.807, 2.05) is 0 Å². The number of ether oxygens (including phenoxy) is 1. The third kappa shape index (κ3) is 4.96. The molecule has 1 aliphatic heterocycles. The van der Waals surface area contributed by atoms with Gasteiger partial charge in [-0.3, -0.25) is 4.90 Å². The highest BCUT2D eigenvalue weighted by Gasteiger charge is 2.15. The summed E-state index contributed by atoms with van der Waals surface area (Å²) in [7, 11) is 0. The first-order valence-electron chi connectivity index (χ1n) is 6.29. The Bertz CT molecular complexity index is 156. The molecule has 90 valence electrons. The minimum absolute atomic E-state index is 0.539. The Morgan fingerprint density at radius 3 is 2.73 bits per heavy atom. The van der Waals surface area contributed by atoms with Crippen LogP contribution in [0.4, 0.5) is 0 Å². The van der Waals surface area contributed by atoms with Gasteiger partial charge < -0.3 is 10.5 Å². The van der Waals surface area contributed by atoms with E-state index >= 15 is 0 Å². The van der Waals surface area contributed by atoms with E-state index in [0.717, 1.165) is 26.2 Å². The Morgan fingerprint density at radius 2 is 2.20 bits per heavy atom. The van der Waals surface area contributed by atoms with Crippen molar-refractivity contribution < 1.29 is 4.74 Å². The van der Waals surface area contributed by atoms with Crippen molar-refractivity contribution in [2.24, 2.45) is 5.73 Å². The van der Waals surface area contributed by atoms with Gasteiger partial charge in [0.2, 0.25) is 0 Å². The molecule has 3 heteroatoms. The van der Waals surface area contributed by atoms with Crippen molar-refractivity contribution in [3.63, 3.8) is 0 Å². The van der Waals surface area contributed by atoms with Gasteiger partial charge in [-0.05, 0) is 46.1 Å². The minimum atomic E-state index is 0.539. The lowest BCUT2D eigenvalue weighted by Crippen LogP contribution is -2.36. The Balaban J connectivity index is 2.09. The summed E-state index contributed by atoms with van der Waals surface area (Å²) in [5.74, 6) is 0. The SMILES string of the molecule is CC(C)N(CCN)CCCC1CCCO1. The van der Waals surface area contributed by atoms with E-state index in [9.17, 15) is 0 Å². The Labute approximate surface area is 94.0 Å². The van der Waals surface area contributed by atoms with Gasteiger partial charge in [0.05, 0.1) is 6.10 Å². The van der Waals surface area contributed by atoms with Gasteiger partial charge in [-0.15, -0.1) is 0 Å². The van der Waals surface area contributed by atoms with Crippen LogP contribution < -0.4 is 5.73 Å². The molecule has 2 N–H and O–H groups in total. The molecule has 0 radical (unpaired) electrons. The van der Waals surface area contributed by atoms with Crippen LogP contribution >= 0.6 is 0 Å². The highest BCUT2D eigenvalue weighted by molar-refractivity contribution is 4.68. The van der Waals surface area contributed by atoms with Crippen molar-refractivity contribution in [3.8, 4) is 0 Å². The number of nitrogens with two attached hydrogens (primary N) is 1. The summed E-state index contributed by atoms with van der Waals surface area (Å²) in [4.78, 5) is 2.45. The molecule has 0 aromatic rings. The van der Waals surface area contributed by atoms with Crippen LogP contribution in [-0.2, 0) is 4.74 Å². The van der Waals surface area contributed by atoms with E-state index < -0.39 is 0 Å². The highest BCUT2D eigenvalue weighted by atomic mass is 16.5. The summed E-state index contributed by atoms with van der Waals surface area (Å²) >= 11 is 0. The summed E-state index contributed by atoms with van der Waals surface area (Å²) in [5.41, 5.74) is 5.59. The van der Waals surface area contributed by atoms with Gasteiger partial charge in [0.15, 0.2) is 0 Å². The molecule has 1 heterocycles. The van der Waals surface area contributed by atoms with Gasteiger partial charge in [0.1, 0.15) is 0 Å². The molecule has 1 unspecified atom stereocenters. The van der Waals surface area contributed by atoms with Crippen LogP contribution in [0.1, 0.15) is 39.5 Å². The second kappa shape index (κ2) is 7.20. The largest absolute Gasteiger partial charge is 0.378 e. The first-order chi connectivity index (χ1) is 7.24. The van der Waals surface area contributed by atoms with Gasteiger partial charge >= 0.3 is 0 Å². The summed E-state index contributed by atoms with van der Waals surface area (Å²) < 4.78 is 5.61. The van der Waals surface area contributed by atoms with Crippen LogP contribution in [0.25, 0.3) is 0 Å². The fourth-order valence-corrected chi connectivity index (χ4v) is 2.19. The maximum Gasteiger partial charge on any atom is 0.0576 e. The van der Waals surface area contributed by atoms with Crippen molar-refractivity contribution in [2.45, 2.75) is 51.7 Å². The van der Waals surface area contributed by atoms with Crippen molar-refractivity contribution >= 4 is 0 Å². The predicted octanol–water partition coefficient (Wildman–Crippen LogP) is 1.61. The standard InChI is InChI=1S/C12H26N2O/c1-11(2)14(9-7-13)8-3-5-12-6-4-10-15-12/h11-12H,3-10,13H2,1-2H3.